The predicted octanol–water partition coefficient (Wildman–Crippen LogP) is 3.66. The number of hydrogen-bond donors (Lipinski definition) is 0. The van der Waals surface area contributed by atoms with E-state index in [1.807, 2.05) is 6.08 Å². The van der Waals surface area contributed by atoms with Gasteiger partial charge in [0.25, 0.3) is 0 Å². The van der Waals surface area contributed by atoms with Gasteiger partial charge in [-0.1, -0.05) is 45.3 Å². The van der Waals surface area contributed by atoms with Crippen LogP contribution in [0.1, 0.15) is 45.4 Å². The van der Waals surface area contributed by atoms with Crippen LogP contribution in [0, 0.1) is 0 Å². The smallest absolute Gasteiger partial charge is 0.177 e. The molecule has 1 nitrogen and oxygen atoms in total. The van der Waals surface area contributed by atoms with Crippen LogP contribution in [0.5, 0.6) is 0 Å². The second-order valence-corrected chi connectivity index (χ2v) is 3.21. The van der Waals surface area contributed by atoms with Crippen LogP contribution < -0.4 is 0 Å². The topological polar surface area (TPSA) is 17.1 Å². The average molecular weight is 180 g/mol. The molecule has 74 valence electrons. The second kappa shape index (κ2) is 9.24. The molecular weight excluding hydrogens is 160 g/mol. The van der Waals surface area contributed by atoms with Crippen molar-refractivity contribution in [3.63, 3.8) is 0 Å². The van der Waals surface area contributed by atoms with Gasteiger partial charge in [-0.05, 0) is 25.0 Å². The molecule has 0 radical (unpaired) electrons. The lowest BCUT2D eigenvalue weighted by molar-refractivity contribution is -0.110. The van der Waals surface area contributed by atoms with E-state index >= 15 is 0 Å². The summed E-state index contributed by atoms with van der Waals surface area (Å²) in [5.41, 5.74) is 0. The van der Waals surface area contributed by atoms with Crippen molar-refractivity contribution in [2.75, 3.05) is 0 Å². The normalized spacial score (nSPS) is 10.5. The molecule has 0 aromatic carbocycles. The number of allylic oxidation sites excluding steroid dienone is 3. The quantitative estimate of drug-likeness (QED) is 0.411. The Kier molecular flexibility index (Phi) is 8.64. The zero-order chi connectivity index (χ0) is 9.94. The molecule has 0 unspecified atom stereocenters. The van der Waals surface area contributed by atoms with Crippen molar-refractivity contribution in [2.24, 2.45) is 0 Å². The number of unbranched alkanes of at least 4 members (excludes halogenated alkanes) is 5. The molecular formula is C12H20O. The van der Waals surface area contributed by atoms with Gasteiger partial charge in [0.1, 0.15) is 0 Å². The number of ketones is 1. The Bertz CT molecular complexity index is 168. The first-order valence-corrected chi connectivity index (χ1v) is 5.14. The molecule has 0 amide bonds. The molecule has 0 aromatic heterocycles. The van der Waals surface area contributed by atoms with Crippen LogP contribution in [0.2, 0.25) is 0 Å². The lowest BCUT2D eigenvalue weighted by atomic mass is 10.1. The molecule has 1 heteroatoms. The van der Waals surface area contributed by atoms with Crippen LogP contribution in [-0.2, 0) is 4.79 Å². The van der Waals surface area contributed by atoms with E-state index in [1.54, 1.807) is 6.08 Å². The molecule has 0 bridgehead atoms. The van der Waals surface area contributed by atoms with Gasteiger partial charge < -0.3 is 0 Å². The van der Waals surface area contributed by atoms with E-state index in [0.717, 1.165) is 6.42 Å². The van der Waals surface area contributed by atoms with E-state index in [-0.39, 0.29) is 5.78 Å². The van der Waals surface area contributed by atoms with Crippen molar-refractivity contribution in [3.8, 4) is 0 Å². The third kappa shape index (κ3) is 9.06. The van der Waals surface area contributed by atoms with E-state index in [1.165, 1.54) is 38.2 Å². The molecule has 0 aliphatic heterocycles. The molecule has 0 saturated heterocycles. The van der Waals surface area contributed by atoms with Gasteiger partial charge in [0, 0.05) is 0 Å². The van der Waals surface area contributed by atoms with Crippen molar-refractivity contribution >= 4 is 5.78 Å². The van der Waals surface area contributed by atoms with Gasteiger partial charge in [0.05, 0.1) is 0 Å². The van der Waals surface area contributed by atoms with Gasteiger partial charge in [0.15, 0.2) is 5.78 Å². The highest BCUT2D eigenvalue weighted by Gasteiger charge is 1.87. The monoisotopic (exact) mass is 180 g/mol. The fourth-order valence-corrected chi connectivity index (χ4v) is 1.13. The first-order valence-electron chi connectivity index (χ1n) is 5.14. The molecule has 0 aromatic rings. The largest absolute Gasteiger partial charge is 0.290 e. The Labute approximate surface area is 81.5 Å². The minimum atomic E-state index is 0.00792. The lowest BCUT2D eigenvalue weighted by Crippen LogP contribution is -1.82. The zero-order valence-corrected chi connectivity index (χ0v) is 8.59. The summed E-state index contributed by atoms with van der Waals surface area (Å²) in [7, 11) is 0. The fourth-order valence-electron chi connectivity index (χ4n) is 1.13. The van der Waals surface area contributed by atoms with E-state index in [9.17, 15) is 4.79 Å². The van der Waals surface area contributed by atoms with E-state index in [0.29, 0.717) is 0 Å². The minimum absolute atomic E-state index is 0.00792. The van der Waals surface area contributed by atoms with E-state index < -0.39 is 0 Å². The van der Waals surface area contributed by atoms with Gasteiger partial charge >= 0.3 is 0 Å². The molecule has 0 fully saturated rings. The van der Waals surface area contributed by atoms with Gasteiger partial charge in [-0.25, -0.2) is 0 Å². The van der Waals surface area contributed by atoms with Crippen molar-refractivity contribution in [1.82, 2.24) is 0 Å². The highest BCUT2D eigenvalue weighted by molar-refractivity contribution is 5.98. The Hall–Kier alpha value is -0.850. The number of rotatable bonds is 8. The molecule has 0 aliphatic carbocycles. The van der Waals surface area contributed by atoms with Crippen molar-refractivity contribution < 1.29 is 4.79 Å². The van der Waals surface area contributed by atoms with Crippen molar-refractivity contribution in [1.29, 1.82) is 0 Å². The number of carbonyl (C=O) groups excluding carboxylic acids is 1. The molecule has 0 spiro atoms. The molecule has 0 heterocycles. The summed E-state index contributed by atoms with van der Waals surface area (Å²) in [6.45, 7) is 5.61. The minimum Gasteiger partial charge on any atom is -0.290 e. The molecule has 0 N–H and O–H groups in total. The van der Waals surface area contributed by atoms with Crippen molar-refractivity contribution in [2.45, 2.75) is 45.4 Å². The summed E-state index contributed by atoms with van der Waals surface area (Å²) in [5, 5.41) is 0. The van der Waals surface area contributed by atoms with E-state index in [2.05, 4.69) is 13.5 Å². The molecule has 0 saturated carbocycles. The zero-order valence-electron chi connectivity index (χ0n) is 8.59. The fraction of sp³-hybridized carbons (Fsp3) is 0.583. The highest BCUT2D eigenvalue weighted by Crippen LogP contribution is 2.05. The SMILES string of the molecule is C=CC(=O)/C=C/CCCCCCC. The summed E-state index contributed by atoms with van der Waals surface area (Å²) < 4.78 is 0. The molecule has 0 atom stereocenters. The van der Waals surface area contributed by atoms with E-state index in [4.69, 9.17) is 0 Å². The van der Waals surface area contributed by atoms with Crippen LogP contribution >= 0.6 is 0 Å². The maximum absolute atomic E-state index is 10.7. The van der Waals surface area contributed by atoms with Gasteiger partial charge in [-0.3, -0.25) is 4.79 Å². The number of carbonyl (C=O) groups is 1. The van der Waals surface area contributed by atoms with Crippen LogP contribution in [-0.4, -0.2) is 5.78 Å². The lowest BCUT2D eigenvalue weighted by Gasteiger charge is -1.95. The number of hydrogen-bond acceptors (Lipinski definition) is 1. The van der Waals surface area contributed by atoms with Crippen LogP contribution in [0.15, 0.2) is 24.8 Å². The Morgan fingerprint density at radius 3 is 2.54 bits per heavy atom. The average Bonchev–Trinajstić information content (AvgIpc) is 2.16. The summed E-state index contributed by atoms with van der Waals surface area (Å²) >= 11 is 0. The highest BCUT2D eigenvalue weighted by atomic mass is 16.1. The third-order valence-electron chi connectivity index (χ3n) is 1.96. The Morgan fingerprint density at radius 2 is 1.92 bits per heavy atom. The molecule has 0 rings (SSSR count). The standard InChI is InChI=1S/C12H20O/c1-3-5-6-7-8-9-10-11-12(13)4-2/h4,10-11H,2-3,5-9H2,1H3/b11-10+. The first kappa shape index (κ1) is 12.2. The van der Waals surface area contributed by atoms with Gasteiger partial charge in [0.2, 0.25) is 0 Å². The predicted molar refractivity (Wildman–Crippen MR) is 57.7 cm³/mol. The maximum Gasteiger partial charge on any atom is 0.177 e. The van der Waals surface area contributed by atoms with Crippen LogP contribution in [0.3, 0.4) is 0 Å². The van der Waals surface area contributed by atoms with Gasteiger partial charge in [-0.15, -0.1) is 0 Å². The Morgan fingerprint density at radius 1 is 1.23 bits per heavy atom. The van der Waals surface area contributed by atoms with Crippen LogP contribution in [0.25, 0.3) is 0 Å². The molecule has 13 heavy (non-hydrogen) atoms. The summed E-state index contributed by atoms with van der Waals surface area (Å²) in [6.07, 6.45) is 12.3. The summed E-state index contributed by atoms with van der Waals surface area (Å²) in [4.78, 5) is 10.7. The first-order chi connectivity index (χ1) is 6.31. The van der Waals surface area contributed by atoms with Crippen LogP contribution in [0.4, 0.5) is 0 Å². The van der Waals surface area contributed by atoms with Crippen molar-refractivity contribution in [3.05, 3.63) is 24.8 Å². The van der Waals surface area contributed by atoms with Gasteiger partial charge in [-0.2, -0.15) is 0 Å². The molecule has 0 aliphatic rings. The third-order valence-corrected chi connectivity index (χ3v) is 1.96. The maximum atomic E-state index is 10.7. The Balaban J connectivity index is 3.20. The summed E-state index contributed by atoms with van der Waals surface area (Å²) in [6, 6.07) is 0. The second-order valence-electron chi connectivity index (χ2n) is 3.21. The summed E-state index contributed by atoms with van der Waals surface area (Å²) in [5.74, 6) is 0.00792.